The van der Waals surface area contributed by atoms with Crippen molar-refractivity contribution in [1.82, 2.24) is 15.1 Å². The van der Waals surface area contributed by atoms with Crippen molar-refractivity contribution < 1.29 is 4.74 Å². The van der Waals surface area contributed by atoms with E-state index in [1.54, 1.807) is 0 Å². The second kappa shape index (κ2) is 7.18. The van der Waals surface area contributed by atoms with Gasteiger partial charge < -0.3 is 15.0 Å². The monoisotopic (exact) mass is 340 g/mol. The van der Waals surface area contributed by atoms with Crippen molar-refractivity contribution in [2.75, 3.05) is 31.2 Å². The average Bonchev–Trinajstić information content (AvgIpc) is 2.94. The number of hydrogen-bond donors (Lipinski definition) is 1. The first-order valence-electron chi connectivity index (χ1n) is 9.40. The first-order valence-corrected chi connectivity index (χ1v) is 9.40. The number of fused-ring (bicyclic) bond motifs is 1. The summed E-state index contributed by atoms with van der Waals surface area (Å²) >= 11 is 0. The molecule has 1 atom stereocenters. The molecule has 0 unspecified atom stereocenters. The molecule has 1 saturated heterocycles. The number of rotatable bonds is 4. The van der Waals surface area contributed by atoms with E-state index >= 15 is 0 Å². The summed E-state index contributed by atoms with van der Waals surface area (Å²) in [4.78, 5) is 2.41. The summed E-state index contributed by atoms with van der Waals surface area (Å²) in [5.41, 5.74) is 5.43. The molecular weight excluding hydrogens is 312 g/mol. The molecule has 1 N–H and O–H groups in total. The Bertz CT molecular complexity index is 733. The van der Waals surface area contributed by atoms with Crippen molar-refractivity contribution in [3.63, 3.8) is 0 Å². The third-order valence-electron chi connectivity index (χ3n) is 5.52. The maximum absolute atomic E-state index is 5.51. The molecule has 2 heterocycles. The van der Waals surface area contributed by atoms with E-state index in [0.717, 1.165) is 38.5 Å². The number of ether oxygens (including phenoxy) is 1. The molecule has 1 aromatic carbocycles. The first kappa shape index (κ1) is 16.6. The van der Waals surface area contributed by atoms with Crippen LogP contribution < -0.4 is 10.2 Å². The molecule has 0 saturated carbocycles. The fraction of sp³-hybridized carbons (Fsp3) is 0.550. The number of morpholine rings is 1. The van der Waals surface area contributed by atoms with E-state index < -0.39 is 0 Å². The Morgan fingerprint density at radius 2 is 2.04 bits per heavy atom. The van der Waals surface area contributed by atoms with Crippen LogP contribution in [0.4, 0.5) is 5.82 Å². The summed E-state index contributed by atoms with van der Waals surface area (Å²) in [6.07, 6.45) is 3.68. The van der Waals surface area contributed by atoms with Gasteiger partial charge in [-0.25, -0.2) is 0 Å². The van der Waals surface area contributed by atoms with E-state index in [2.05, 4.69) is 53.6 Å². The molecule has 1 aliphatic carbocycles. The van der Waals surface area contributed by atoms with Gasteiger partial charge in [-0.3, -0.25) is 4.68 Å². The molecule has 0 radical (unpaired) electrons. The standard InChI is InChI=1S/C20H28N4O/c1-15-18(20(23(2)22-15)24-10-12-25-13-11-24)14-21-19-9-5-7-16-6-3-4-8-17(16)19/h3-4,6,8,19,21H,5,7,9-14H2,1-2H3/t19-/m1/s1. The molecule has 0 bridgehead atoms. The Kier molecular flexibility index (Phi) is 4.77. The largest absolute Gasteiger partial charge is 0.378 e. The molecular formula is C20H28N4O. The van der Waals surface area contributed by atoms with E-state index in [4.69, 9.17) is 4.74 Å². The minimum Gasteiger partial charge on any atom is -0.378 e. The third-order valence-corrected chi connectivity index (χ3v) is 5.52. The van der Waals surface area contributed by atoms with Gasteiger partial charge in [-0.15, -0.1) is 0 Å². The lowest BCUT2D eigenvalue weighted by molar-refractivity contribution is 0.122. The molecule has 2 aromatic rings. The van der Waals surface area contributed by atoms with Crippen molar-refractivity contribution in [2.45, 2.75) is 38.8 Å². The van der Waals surface area contributed by atoms with E-state index in [1.807, 2.05) is 4.68 Å². The van der Waals surface area contributed by atoms with Crippen LogP contribution in [0.2, 0.25) is 0 Å². The van der Waals surface area contributed by atoms with Gasteiger partial charge in [0.2, 0.25) is 0 Å². The predicted octanol–water partition coefficient (Wildman–Crippen LogP) is 2.73. The zero-order valence-electron chi connectivity index (χ0n) is 15.3. The van der Waals surface area contributed by atoms with Gasteiger partial charge in [0.1, 0.15) is 5.82 Å². The van der Waals surface area contributed by atoms with Crippen molar-refractivity contribution in [3.05, 3.63) is 46.6 Å². The van der Waals surface area contributed by atoms with Gasteiger partial charge in [-0.05, 0) is 37.3 Å². The van der Waals surface area contributed by atoms with Gasteiger partial charge >= 0.3 is 0 Å². The fourth-order valence-corrected chi connectivity index (χ4v) is 4.26. The Hall–Kier alpha value is -1.85. The molecule has 5 nitrogen and oxygen atoms in total. The van der Waals surface area contributed by atoms with Gasteiger partial charge in [0.25, 0.3) is 0 Å². The molecule has 2 aliphatic rings. The van der Waals surface area contributed by atoms with Crippen molar-refractivity contribution in [1.29, 1.82) is 0 Å². The Morgan fingerprint density at radius 1 is 1.24 bits per heavy atom. The zero-order valence-corrected chi connectivity index (χ0v) is 15.3. The highest BCUT2D eigenvalue weighted by molar-refractivity contribution is 5.50. The molecule has 25 heavy (non-hydrogen) atoms. The fourth-order valence-electron chi connectivity index (χ4n) is 4.26. The Balaban J connectivity index is 1.54. The van der Waals surface area contributed by atoms with Crippen LogP contribution in [0.3, 0.4) is 0 Å². The van der Waals surface area contributed by atoms with E-state index in [1.165, 1.54) is 41.8 Å². The van der Waals surface area contributed by atoms with Crippen LogP contribution in [0.5, 0.6) is 0 Å². The molecule has 134 valence electrons. The summed E-state index contributed by atoms with van der Waals surface area (Å²) in [5, 5.41) is 8.50. The lowest BCUT2D eigenvalue weighted by Crippen LogP contribution is -2.38. The van der Waals surface area contributed by atoms with Crippen molar-refractivity contribution in [2.24, 2.45) is 7.05 Å². The van der Waals surface area contributed by atoms with Gasteiger partial charge in [-0.1, -0.05) is 24.3 Å². The molecule has 1 aromatic heterocycles. The number of aryl methyl sites for hydroxylation is 3. The second-order valence-electron chi connectivity index (χ2n) is 7.14. The number of benzene rings is 1. The summed E-state index contributed by atoms with van der Waals surface area (Å²) < 4.78 is 7.55. The highest BCUT2D eigenvalue weighted by Gasteiger charge is 2.24. The third kappa shape index (κ3) is 3.31. The smallest absolute Gasteiger partial charge is 0.131 e. The van der Waals surface area contributed by atoms with Crippen LogP contribution in [-0.4, -0.2) is 36.1 Å². The maximum Gasteiger partial charge on any atom is 0.131 e. The highest BCUT2D eigenvalue weighted by atomic mass is 16.5. The van der Waals surface area contributed by atoms with Crippen LogP contribution in [0.25, 0.3) is 0 Å². The van der Waals surface area contributed by atoms with Crippen molar-refractivity contribution in [3.8, 4) is 0 Å². The van der Waals surface area contributed by atoms with Gasteiger partial charge in [0, 0.05) is 38.3 Å². The van der Waals surface area contributed by atoms with E-state index in [9.17, 15) is 0 Å². The number of anilines is 1. The topological polar surface area (TPSA) is 42.3 Å². The minimum absolute atomic E-state index is 0.446. The predicted molar refractivity (Wildman–Crippen MR) is 99.9 cm³/mol. The molecule has 4 rings (SSSR count). The summed E-state index contributed by atoms with van der Waals surface area (Å²) in [7, 11) is 2.05. The van der Waals surface area contributed by atoms with Gasteiger partial charge in [0.05, 0.1) is 18.9 Å². The lowest BCUT2D eigenvalue weighted by Gasteiger charge is -2.30. The highest BCUT2D eigenvalue weighted by Crippen LogP contribution is 2.31. The van der Waals surface area contributed by atoms with E-state index in [0.29, 0.717) is 6.04 Å². The quantitative estimate of drug-likeness (QED) is 0.929. The second-order valence-corrected chi connectivity index (χ2v) is 7.14. The molecule has 1 fully saturated rings. The Labute approximate surface area is 150 Å². The van der Waals surface area contributed by atoms with Crippen LogP contribution in [-0.2, 0) is 24.8 Å². The average molecular weight is 340 g/mol. The summed E-state index contributed by atoms with van der Waals surface area (Å²) in [6, 6.07) is 9.32. The first-order chi connectivity index (χ1) is 12.2. The number of hydrogen-bond acceptors (Lipinski definition) is 4. The summed E-state index contributed by atoms with van der Waals surface area (Å²) in [6.45, 7) is 6.47. The number of aromatic nitrogens is 2. The molecule has 5 heteroatoms. The van der Waals surface area contributed by atoms with Crippen LogP contribution in [0, 0.1) is 6.92 Å². The molecule has 1 aliphatic heterocycles. The Morgan fingerprint density at radius 3 is 2.88 bits per heavy atom. The van der Waals surface area contributed by atoms with Crippen LogP contribution in [0.1, 0.15) is 41.3 Å². The summed E-state index contributed by atoms with van der Waals surface area (Å²) in [5.74, 6) is 1.25. The molecule has 0 spiro atoms. The maximum atomic E-state index is 5.51. The van der Waals surface area contributed by atoms with E-state index in [-0.39, 0.29) is 0 Å². The van der Waals surface area contributed by atoms with Crippen molar-refractivity contribution >= 4 is 5.82 Å². The SMILES string of the molecule is Cc1nn(C)c(N2CCOCC2)c1CN[C@@H]1CCCc2ccccc21. The zero-order chi connectivity index (χ0) is 17.2. The van der Waals surface area contributed by atoms with Crippen LogP contribution >= 0.6 is 0 Å². The number of nitrogens with one attached hydrogen (secondary N) is 1. The minimum atomic E-state index is 0.446. The van der Waals surface area contributed by atoms with Gasteiger partial charge in [0.15, 0.2) is 0 Å². The van der Waals surface area contributed by atoms with Gasteiger partial charge in [-0.2, -0.15) is 5.10 Å². The molecule has 0 amide bonds. The van der Waals surface area contributed by atoms with Crippen LogP contribution in [0.15, 0.2) is 24.3 Å². The lowest BCUT2D eigenvalue weighted by atomic mass is 9.87. The normalized spacial score (nSPS) is 20.6. The number of nitrogens with zero attached hydrogens (tertiary/aromatic N) is 3.